The van der Waals surface area contributed by atoms with Gasteiger partial charge in [0.05, 0.1) is 16.1 Å². The van der Waals surface area contributed by atoms with Crippen LogP contribution in [0.5, 0.6) is 0 Å². The van der Waals surface area contributed by atoms with E-state index in [2.05, 4.69) is 5.32 Å². The number of hydrogen-bond acceptors (Lipinski definition) is 4. The van der Waals surface area contributed by atoms with Gasteiger partial charge in [-0.3, -0.25) is 13.9 Å². The fourth-order valence-corrected chi connectivity index (χ4v) is 5.55. The molecule has 1 aliphatic rings. The van der Waals surface area contributed by atoms with E-state index in [4.69, 9.17) is 0 Å². The molecule has 200 valence electrons. The number of nitrogens with zero attached hydrogens (tertiary/aromatic N) is 2. The quantitative estimate of drug-likeness (QED) is 0.447. The lowest BCUT2D eigenvalue weighted by molar-refractivity contribution is -0.137. The number of alkyl halides is 3. The second-order valence-corrected chi connectivity index (χ2v) is 10.8. The van der Waals surface area contributed by atoms with Crippen molar-refractivity contribution in [3.05, 3.63) is 89.5 Å². The summed E-state index contributed by atoms with van der Waals surface area (Å²) in [5.41, 5.74) is 0.859. The number of carbonyl (C=O) groups excluding carboxylic acids is 2. The van der Waals surface area contributed by atoms with Crippen molar-refractivity contribution in [1.29, 1.82) is 0 Å². The number of carbonyl (C=O) groups is 2. The number of anilines is 2. The molecule has 1 aliphatic heterocycles. The molecule has 7 nitrogen and oxygen atoms in total. The zero-order chi connectivity index (χ0) is 27.5. The minimum absolute atomic E-state index is 0.0178. The fraction of sp³-hybridized carbons (Fsp3) is 0.259. The Morgan fingerprint density at radius 3 is 2.39 bits per heavy atom. The summed E-state index contributed by atoms with van der Waals surface area (Å²) in [7, 11) is -4.37. The molecule has 0 spiro atoms. The third-order valence-electron chi connectivity index (χ3n) is 6.14. The smallest absolute Gasteiger partial charge is 0.350 e. The van der Waals surface area contributed by atoms with Gasteiger partial charge in [0.15, 0.2) is 0 Å². The lowest BCUT2D eigenvalue weighted by Crippen LogP contribution is -2.40. The zero-order valence-electron chi connectivity index (χ0n) is 20.5. The van der Waals surface area contributed by atoms with E-state index in [-0.39, 0.29) is 23.0 Å². The van der Waals surface area contributed by atoms with E-state index < -0.39 is 34.2 Å². The summed E-state index contributed by atoms with van der Waals surface area (Å²) < 4.78 is 67.7. The maximum absolute atomic E-state index is 13.5. The van der Waals surface area contributed by atoms with E-state index in [0.717, 1.165) is 24.1 Å². The Balaban J connectivity index is 1.57. The highest BCUT2D eigenvalue weighted by molar-refractivity contribution is 7.92. The first-order chi connectivity index (χ1) is 17.9. The number of hydrogen-bond donors (Lipinski definition) is 1. The Labute approximate surface area is 218 Å². The molecule has 3 aromatic carbocycles. The van der Waals surface area contributed by atoms with Crippen LogP contribution in [0.1, 0.15) is 29.5 Å². The fourth-order valence-electron chi connectivity index (χ4n) is 4.13. The van der Waals surface area contributed by atoms with E-state index >= 15 is 0 Å². The first-order valence-electron chi connectivity index (χ1n) is 11.9. The third-order valence-corrected chi connectivity index (χ3v) is 7.93. The average molecular weight is 546 g/mol. The Hall–Kier alpha value is -3.86. The summed E-state index contributed by atoms with van der Waals surface area (Å²) >= 11 is 0. The normalized spacial score (nSPS) is 14.0. The van der Waals surface area contributed by atoms with Gasteiger partial charge in [-0.05, 0) is 61.4 Å². The van der Waals surface area contributed by atoms with E-state index in [1.807, 2.05) is 0 Å². The van der Waals surface area contributed by atoms with Gasteiger partial charge in [0.1, 0.15) is 6.54 Å². The van der Waals surface area contributed by atoms with Gasteiger partial charge in [0.25, 0.3) is 10.0 Å². The minimum atomic E-state index is -4.70. The van der Waals surface area contributed by atoms with Gasteiger partial charge < -0.3 is 10.2 Å². The van der Waals surface area contributed by atoms with Crippen LogP contribution < -0.4 is 14.5 Å². The number of sulfonamides is 1. The highest BCUT2D eigenvalue weighted by Gasteiger charge is 2.33. The van der Waals surface area contributed by atoms with Crippen LogP contribution in [0.25, 0.3) is 0 Å². The molecule has 3 aromatic rings. The number of halogens is 3. The molecule has 1 heterocycles. The van der Waals surface area contributed by atoms with Crippen molar-refractivity contribution in [2.24, 2.45) is 0 Å². The van der Waals surface area contributed by atoms with Gasteiger partial charge in [-0.25, -0.2) is 8.42 Å². The second kappa shape index (κ2) is 10.9. The van der Waals surface area contributed by atoms with Crippen LogP contribution in [0.15, 0.2) is 77.7 Å². The number of benzene rings is 3. The predicted octanol–water partition coefficient (Wildman–Crippen LogP) is 4.65. The Morgan fingerprint density at radius 2 is 1.74 bits per heavy atom. The summed E-state index contributed by atoms with van der Waals surface area (Å²) in [4.78, 5) is 26.5. The molecule has 0 saturated carbocycles. The van der Waals surface area contributed by atoms with Crippen LogP contribution in [0.3, 0.4) is 0 Å². The van der Waals surface area contributed by atoms with Gasteiger partial charge >= 0.3 is 6.18 Å². The van der Waals surface area contributed by atoms with Gasteiger partial charge in [0.2, 0.25) is 11.8 Å². The molecule has 0 aliphatic carbocycles. The summed E-state index contributed by atoms with van der Waals surface area (Å²) in [5.74, 6) is -0.690. The third kappa shape index (κ3) is 6.16. The lowest BCUT2D eigenvalue weighted by Gasteiger charge is -2.25. The molecule has 4 rings (SSSR count). The van der Waals surface area contributed by atoms with Gasteiger partial charge in [0, 0.05) is 25.2 Å². The summed E-state index contributed by atoms with van der Waals surface area (Å²) in [6.07, 6.45) is -3.46. The summed E-state index contributed by atoms with van der Waals surface area (Å²) in [5, 5.41) is 2.64. The Kier molecular flexibility index (Phi) is 7.77. The van der Waals surface area contributed by atoms with Crippen molar-refractivity contribution in [3.8, 4) is 0 Å². The van der Waals surface area contributed by atoms with Crippen LogP contribution in [0, 0.1) is 6.92 Å². The maximum atomic E-state index is 13.5. The van der Waals surface area contributed by atoms with Crippen LogP contribution in [0.2, 0.25) is 0 Å². The number of amides is 2. The average Bonchev–Trinajstić information content (AvgIpc) is 3.32. The van der Waals surface area contributed by atoms with Crippen molar-refractivity contribution in [1.82, 2.24) is 5.32 Å². The van der Waals surface area contributed by atoms with Crippen molar-refractivity contribution < 1.29 is 31.2 Å². The molecular weight excluding hydrogens is 519 g/mol. The molecule has 1 N–H and O–H groups in total. The van der Waals surface area contributed by atoms with Crippen molar-refractivity contribution in [2.45, 2.75) is 37.4 Å². The van der Waals surface area contributed by atoms with Crippen LogP contribution >= 0.6 is 0 Å². The molecule has 1 saturated heterocycles. The maximum Gasteiger partial charge on any atom is 0.416 e. The highest BCUT2D eigenvalue weighted by Crippen LogP contribution is 2.33. The van der Waals surface area contributed by atoms with Gasteiger partial charge in [-0.2, -0.15) is 13.2 Å². The minimum Gasteiger partial charge on any atom is -0.350 e. The Bertz CT molecular complexity index is 1440. The molecule has 2 amide bonds. The summed E-state index contributed by atoms with van der Waals surface area (Å²) in [6.45, 7) is 1.68. The molecule has 0 atom stereocenters. The van der Waals surface area contributed by atoms with Crippen LogP contribution in [-0.2, 0) is 32.3 Å². The molecule has 11 heteroatoms. The predicted molar refractivity (Wildman–Crippen MR) is 137 cm³/mol. The number of nitrogens with one attached hydrogen (secondary N) is 1. The van der Waals surface area contributed by atoms with Gasteiger partial charge in [-0.15, -0.1) is 0 Å². The van der Waals surface area contributed by atoms with E-state index in [1.54, 1.807) is 48.2 Å². The number of aryl methyl sites for hydroxylation is 1. The van der Waals surface area contributed by atoms with Crippen molar-refractivity contribution in [3.63, 3.8) is 0 Å². The largest absolute Gasteiger partial charge is 0.416 e. The molecule has 0 aromatic heterocycles. The first kappa shape index (κ1) is 27.2. The SMILES string of the molecule is Cc1ccc(S(=O)(=O)N(CC(=O)NCc2cccc(N3CCCC3=O)c2)c2cccc(C(F)(F)F)c2)cc1. The monoisotopic (exact) mass is 545 g/mol. The highest BCUT2D eigenvalue weighted by atomic mass is 32.2. The zero-order valence-corrected chi connectivity index (χ0v) is 21.3. The molecule has 0 bridgehead atoms. The first-order valence-corrected chi connectivity index (χ1v) is 13.3. The second-order valence-electron chi connectivity index (χ2n) is 8.97. The van der Waals surface area contributed by atoms with Crippen molar-refractivity contribution in [2.75, 3.05) is 22.3 Å². The molecule has 0 unspecified atom stereocenters. The Morgan fingerprint density at radius 1 is 1.03 bits per heavy atom. The van der Waals surface area contributed by atoms with Crippen LogP contribution in [-0.4, -0.2) is 33.3 Å². The molecule has 38 heavy (non-hydrogen) atoms. The van der Waals surface area contributed by atoms with E-state index in [0.29, 0.717) is 34.6 Å². The number of rotatable bonds is 8. The molecular formula is C27H26F3N3O4S. The van der Waals surface area contributed by atoms with Crippen LogP contribution in [0.4, 0.5) is 24.5 Å². The standard InChI is InChI=1S/C27H26F3N3O4S/c1-19-10-12-24(13-11-19)38(36,37)33(23-8-3-6-21(16-23)27(28,29)30)18-25(34)31-17-20-5-2-7-22(15-20)32-14-4-9-26(32)35/h2-3,5-8,10-13,15-16H,4,9,14,17-18H2,1H3,(H,31,34). The molecule has 0 radical (unpaired) electrons. The lowest BCUT2D eigenvalue weighted by atomic mass is 10.2. The van der Waals surface area contributed by atoms with E-state index in [1.165, 1.54) is 18.2 Å². The molecule has 1 fully saturated rings. The van der Waals surface area contributed by atoms with Gasteiger partial charge in [-0.1, -0.05) is 35.9 Å². The van der Waals surface area contributed by atoms with E-state index in [9.17, 15) is 31.2 Å². The summed E-state index contributed by atoms with van der Waals surface area (Å²) in [6, 6.07) is 16.7. The van der Waals surface area contributed by atoms with Crippen molar-refractivity contribution >= 4 is 33.2 Å². The topological polar surface area (TPSA) is 86.8 Å².